The average molecular weight is 260 g/mol. The van der Waals surface area contributed by atoms with Crippen LogP contribution in [0.5, 0.6) is 0 Å². The normalized spacial score (nSPS) is 10.7. The van der Waals surface area contributed by atoms with Crippen molar-refractivity contribution in [1.82, 2.24) is 0 Å². The highest BCUT2D eigenvalue weighted by Gasteiger charge is 2.11. The minimum Gasteiger partial charge on any atom is -0.206 e. The number of hydrogen-bond donors (Lipinski definition) is 0. The first-order valence-electron chi connectivity index (χ1n) is 6.09. The number of halogens is 1. The van der Waals surface area contributed by atoms with E-state index in [0.29, 0.717) is 5.56 Å². The van der Waals surface area contributed by atoms with E-state index in [1.807, 2.05) is 32.9 Å². The van der Waals surface area contributed by atoms with E-state index in [1.54, 1.807) is 6.07 Å². The van der Waals surface area contributed by atoms with Crippen LogP contribution < -0.4 is 0 Å². The molecule has 18 heavy (non-hydrogen) atoms. The van der Waals surface area contributed by atoms with Crippen LogP contribution in [0.2, 0.25) is 0 Å². The van der Waals surface area contributed by atoms with Crippen LogP contribution in [0.1, 0.15) is 22.3 Å². The summed E-state index contributed by atoms with van der Waals surface area (Å²) in [4.78, 5) is 0. The van der Waals surface area contributed by atoms with Gasteiger partial charge in [0.25, 0.3) is 0 Å². The fourth-order valence-corrected chi connectivity index (χ4v) is 2.65. The van der Waals surface area contributed by atoms with Gasteiger partial charge in [0.15, 0.2) is 0 Å². The molecule has 0 N–H and O–H groups in total. The molecule has 0 aliphatic heterocycles. The summed E-state index contributed by atoms with van der Waals surface area (Å²) in [5.74, 6) is -0.139. The summed E-state index contributed by atoms with van der Waals surface area (Å²) < 4.78 is 14.1. The highest BCUT2D eigenvalue weighted by atomic mass is 31.0. The van der Waals surface area contributed by atoms with Crippen molar-refractivity contribution in [2.24, 2.45) is 0 Å². The molecule has 0 aromatic heterocycles. The highest BCUT2D eigenvalue weighted by Crippen LogP contribution is 2.31. The highest BCUT2D eigenvalue weighted by molar-refractivity contribution is 7.15. The lowest BCUT2D eigenvalue weighted by atomic mass is 9.93. The van der Waals surface area contributed by atoms with Crippen molar-refractivity contribution in [3.05, 3.63) is 58.4 Å². The van der Waals surface area contributed by atoms with Gasteiger partial charge < -0.3 is 0 Å². The van der Waals surface area contributed by atoms with Crippen molar-refractivity contribution < 1.29 is 4.39 Å². The zero-order valence-electron chi connectivity index (χ0n) is 11.0. The molecule has 0 heterocycles. The lowest BCUT2D eigenvalue weighted by molar-refractivity contribution is 0.630. The van der Waals surface area contributed by atoms with E-state index >= 15 is 0 Å². The lowest BCUT2D eigenvalue weighted by Gasteiger charge is -2.13. The van der Waals surface area contributed by atoms with Crippen LogP contribution in [-0.2, 0) is 6.16 Å². The molecule has 0 saturated heterocycles. The molecule has 0 amide bonds. The average Bonchev–Trinajstić information content (AvgIpc) is 2.30. The van der Waals surface area contributed by atoms with Crippen molar-refractivity contribution >= 4 is 9.24 Å². The molecule has 2 aromatic carbocycles. The molecule has 0 fully saturated rings. The molecule has 0 aliphatic carbocycles. The second kappa shape index (κ2) is 5.20. The molecule has 0 nitrogen and oxygen atoms in total. The Kier molecular flexibility index (Phi) is 3.82. The minimum absolute atomic E-state index is 0.139. The molecular weight excluding hydrogens is 242 g/mol. The molecule has 0 saturated carbocycles. The van der Waals surface area contributed by atoms with Gasteiger partial charge in [0.2, 0.25) is 0 Å². The van der Waals surface area contributed by atoms with Crippen molar-refractivity contribution in [3.8, 4) is 11.1 Å². The van der Waals surface area contributed by atoms with Gasteiger partial charge in [-0.05, 0) is 60.8 Å². The second-order valence-electron chi connectivity index (χ2n) is 4.79. The maximum atomic E-state index is 14.1. The SMILES string of the molecule is Cc1ccc(-c2c(C)cc(CP)cc2C)c(F)c1. The minimum atomic E-state index is -0.139. The molecule has 2 heteroatoms. The fraction of sp³-hybridized carbons (Fsp3) is 0.250. The predicted octanol–water partition coefficient (Wildman–Crippen LogP) is 4.79. The van der Waals surface area contributed by atoms with Crippen molar-refractivity contribution in [1.29, 1.82) is 0 Å². The van der Waals surface area contributed by atoms with Gasteiger partial charge in [-0.3, -0.25) is 0 Å². The number of rotatable bonds is 2. The largest absolute Gasteiger partial charge is 0.206 e. The van der Waals surface area contributed by atoms with Crippen LogP contribution in [0.25, 0.3) is 11.1 Å². The Bertz CT molecular complexity index is 565. The first-order chi connectivity index (χ1) is 8.52. The van der Waals surface area contributed by atoms with E-state index in [1.165, 1.54) is 5.56 Å². The first-order valence-corrected chi connectivity index (χ1v) is 6.91. The van der Waals surface area contributed by atoms with E-state index in [0.717, 1.165) is 28.4 Å². The van der Waals surface area contributed by atoms with Gasteiger partial charge in [0.05, 0.1) is 0 Å². The topological polar surface area (TPSA) is 0 Å². The zero-order chi connectivity index (χ0) is 13.3. The Morgan fingerprint density at radius 2 is 1.61 bits per heavy atom. The van der Waals surface area contributed by atoms with Crippen LogP contribution in [0.3, 0.4) is 0 Å². The van der Waals surface area contributed by atoms with Crippen LogP contribution in [0.4, 0.5) is 4.39 Å². The van der Waals surface area contributed by atoms with Gasteiger partial charge in [-0.15, -0.1) is 9.24 Å². The third-order valence-corrected chi connectivity index (χ3v) is 3.69. The molecular formula is C16H18FP. The Labute approximate surface area is 110 Å². The van der Waals surface area contributed by atoms with Gasteiger partial charge in [-0.1, -0.05) is 24.3 Å². The summed E-state index contributed by atoms with van der Waals surface area (Å²) in [6.45, 7) is 6.00. The Balaban J connectivity index is 2.64. The molecule has 2 rings (SSSR count). The van der Waals surface area contributed by atoms with E-state index in [2.05, 4.69) is 21.4 Å². The maximum Gasteiger partial charge on any atom is 0.131 e. The fourth-order valence-electron chi connectivity index (χ4n) is 2.42. The van der Waals surface area contributed by atoms with Crippen LogP contribution >= 0.6 is 9.24 Å². The summed E-state index contributed by atoms with van der Waals surface area (Å²) in [6.07, 6.45) is 0.929. The van der Waals surface area contributed by atoms with Gasteiger partial charge >= 0.3 is 0 Å². The summed E-state index contributed by atoms with van der Waals surface area (Å²) >= 11 is 0. The van der Waals surface area contributed by atoms with Crippen molar-refractivity contribution in [2.45, 2.75) is 26.9 Å². The summed E-state index contributed by atoms with van der Waals surface area (Å²) in [7, 11) is 2.72. The van der Waals surface area contributed by atoms with Gasteiger partial charge in [-0.2, -0.15) is 0 Å². The Morgan fingerprint density at radius 1 is 1.00 bits per heavy atom. The van der Waals surface area contributed by atoms with Crippen LogP contribution in [0, 0.1) is 26.6 Å². The Morgan fingerprint density at radius 3 is 2.11 bits per heavy atom. The summed E-state index contributed by atoms with van der Waals surface area (Å²) in [6, 6.07) is 9.70. The third-order valence-electron chi connectivity index (χ3n) is 3.22. The number of aryl methyl sites for hydroxylation is 3. The monoisotopic (exact) mass is 260 g/mol. The van der Waals surface area contributed by atoms with Crippen molar-refractivity contribution in [2.75, 3.05) is 0 Å². The zero-order valence-corrected chi connectivity index (χ0v) is 12.2. The van der Waals surface area contributed by atoms with E-state index in [9.17, 15) is 4.39 Å². The van der Waals surface area contributed by atoms with Crippen molar-refractivity contribution in [3.63, 3.8) is 0 Å². The summed E-state index contributed by atoms with van der Waals surface area (Å²) in [5, 5.41) is 0. The van der Waals surface area contributed by atoms with Gasteiger partial charge in [-0.25, -0.2) is 4.39 Å². The van der Waals surface area contributed by atoms with E-state index < -0.39 is 0 Å². The smallest absolute Gasteiger partial charge is 0.131 e. The molecule has 1 unspecified atom stereocenters. The van der Waals surface area contributed by atoms with Gasteiger partial charge in [0, 0.05) is 5.56 Å². The van der Waals surface area contributed by atoms with E-state index in [-0.39, 0.29) is 5.82 Å². The summed E-state index contributed by atoms with van der Waals surface area (Å²) in [5.41, 5.74) is 6.21. The quantitative estimate of drug-likeness (QED) is 0.681. The standard InChI is InChI=1S/C16H18FP/c1-10-4-5-14(15(17)6-10)16-11(2)7-13(9-18)8-12(16)3/h4-8H,9,18H2,1-3H3. The molecule has 0 aliphatic rings. The predicted molar refractivity (Wildman–Crippen MR) is 79.5 cm³/mol. The van der Waals surface area contributed by atoms with Crippen LogP contribution in [0.15, 0.2) is 30.3 Å². The second-order valence-corrected chi connectivity index (χ2v) is 5.20. The molecule has 0 radical (unpaired) electrons. The van der Waals surface area contributed by atoms with Crippen LogP contribution in [-0.4, -0.2) is 0 Å². The van der Waals surface area contributed by atoms with E-state index in [4.69, 9.17) is 0 Å². The molecule has 0 bridgehead atoms. The first kappa shape index (κ1) is 13.2. The number of benzene rings is 2. The number of hydrogen-bond acceptors (Lipinski definition) is 0. The van der Waals surface area contributed by atoms with Gasteiger partial charge in [0.1, 0.15) is 5.82 Å². The molecule has 2 aromatic rings. The third kappa shape index (κ3) is 2.47. The maximum absolute atomic E-state index is 14.1. The molecule has 0 spiro atoms. The lowest BCUT2D eigenvalue weighted by Crippen LogP contribution is -1.94. The Hall–Kier alpha value is -1.20. The molecule has 1 atom stereocenters. The molecule has 94 valence electrons.